The van der Waals surface area contributed by atoms with Crippen molar-refractivity contribution < 1.29 is 0 Å². The minimum absolute atomic E-state index is 0.517. The van der Waals surface area contributed by atoms with Crippen LogP contribution >= 0.6 is 0 Å². The molecule has 108 valence electrons. The Hall–Kier alpha value is -0.930. The zero-order chi connectivity index (χ0) is 14.3. The number of aryl methyl sites for hydroxylation is 1. The Morgan fingerprint density at radius 2 is 1.95 bits per heavy atom. The van der Waals surface area contributed by atoms with Crippen LogP contribution in [0, 0.1) is 6.92 Å². The summed E-state index contributed by atoms with van der Waals surface area (Å²) in [7, 11) is 2.17. The van der Waals surface area contributed by atoms with Gasteiger partial charge in [0, 0.05) is 30.9 Å². The normalized spacial score (nSPS) is 13.2. The number of likely N-dealkylation sites (N-methyl/N-ethyl adjacent to an activating group) is 1. The number of hydrogen-bond acceptors (Lipinski definition) is 3. The molecule has 19 heavy (non-hydrogen) atoms. The summed E-state index contributed by atoms with van der Waals surface area (Å²) in [6, 6.07) is 7.39. The molecule has 3 heteroatoms. The summed E-state index contributed by atoms with van der Waals surface area (Å²) in [5.41, 5.74) is 2.24. The lowest BCUT2D eigenvalue weighted by atomic mass is 10.1. The van der Waals surface area contributed by atoms with Gasteiger partial charge in [-0.15, -0.1) is 0 Å². The van der Waals surface area contributed by atoms with Crippen molar-refractivity contribution in [1.82, 2.24) is 15.2 Å². The highest BCUT2D eigenvalue weighted by Gasteiger charge is 2.12. The van der Waals surface area contributed by atoms with Crippen molar-refractivity contribution in [3.63, 3.8) is 0 Å². The molecule has 1 unspecified atom stereocenters. The third-order valence-corrected chi connectivity index (χ3v) is 3.80. The minimum Gasteiger partial charge on any atom is -0.312 e. The maximum atomic E-state index is 4.56. The molecule has 1 aromatic heterocycles. The van der Waals surface area contributed by atoms with Crippen molar-refractivity contribution in [2.45, 2.75) is 59.2 Å². The van der Waals surface area contributed by atoms with E-state index in [0.717, 1.165) is 24.5 Å². The molecule has 1 aromatic rings. The molecular formula is C16H29N3. The first-order valence-corrected chi connectivity index (χ1v) is 7.42. The van der Waals surface area contributed by atoms with Crippen molar-refractivity contribution >= 4 is 0 Å². The zero-order valence-corrected chi connectivity index (χ0v) is 13.1. The van der Waals surface area contributed by atoms with Gasteiger partial charge in [0.1, 0.15) is 0 Å². The standard InChI is InChI=1S/C16H29N3/c1-6-15(7-2)17-11-14(4)19(5)12-16-10-8-9-13(3)18-16/h8-10,14-15,17H,6-7,11-12H2,1-5H3. The Kier molecular flexibility index (Phi) is 7.03. The molecular weight excluding hydrogens is 234 g/mol. The van der Waals surface area contributed by atoms with Crippen molar-refractivity contribution in [3.05, 3.63) is 29.6 Å². The van der Waals surface area contributed by atoms with Crippen LogP contribution in [-0.2, 0) is 6.54 Å². The summed E-state index contributed by atoms with van der Waals surface area (Å²) in [6.45, 7) is 10.7. The number of pyridine rings is 1. The van der Waals surface area contributed by atoms with E-state index < -0.39 is 0 Å². The maximum Gasteiger partial charge on any atom is 0.0547 e. The third kappa shape index (κ3) is 5.70. The van der Waals surface area contributed by atoms with E-state index in [1.807, 2.05) is 13.0 Å². The summed E-state index contributed by atoms with van der Waals surface area (Å²) in [4.78, 5) is 6.92. The fourth-order valence-electron chi connectivity index (χ4n) is 2.17. The van der Waals surface area contributed by atoms with Crippen LogP contribution in [0.5, 0.6) is 0 Å². The Bertz CT molecular complexity index is 361. The second kappa shape index (κ2) is 8.28. The first kappa shape index (κ1) is 16.1. The Balaban J connectivity index is 2.42. The van der Waals surface area contributed by atoms with Crippen LogP contribution in [0.3, 0.4) is 0 Å². The van der Waals surface area contributed by atoms with Crippen LogP contribution in [0.25, 0.3) is 0 Å². The fraction of sp³-hybridized carbons (Fsp3) is 0.688. The number of hydrogen-bond donors (Lipinski definition) is 1. The Morgan fingerprint density at radius 3 is 2.53 bits per heavy atom. The van der Waals surface area contributed by atoms with Gasteiger partial charge < -0.3 is 5.32 Å². The van der Waals surface area contributed by atoms with E-state index in [1.165, 1.54) is 12.8 Å². The molecule has 1 heterocycles. The monoisotopic (exact) mass is 263 g/mol. The van der Waals surface area contributed by atoms with Crippen molar-refractivity contribution in [3.8, 4) is 0 Å². The predicted octanol–water partition coefficient (Wildman–Crippen LogP) is 2.99. The molecule has 1 atom stereocenters. The fourth-order valence-corrected chi connectivity index (χ4v) is 2.17. The lowest BCUT2D eigenvalue weighted by molar-refractivity contribution is 0.233. The number of rotatable bonds is 8. The molecule has 0 aromatic carbocycles. The second-order valence-corrected chi connectivity index (χ2v) is 5.46. The van der Waals surface area contributed by atoms with Crippen LogP contribution in [0.2, 0.25) is 0 Å². The van der Waals surface area contributed by atoms with E-state index in [4.69, 9.17) is 0 Å². The molecule has 0 aliphatic rings. The molecule has 0 bridgehead atoms. The number of nitrogens with zero attached hydrogens (tertiary/aromatic N) is 2. The average Bonchev–Trinajstić information content (AvgIpc) is 2.39. The lowest BCUT2D eigenvalue weighted by Gasteiger charge is -2.26. The van der Waals surface area contributed by atoms with Crippen LogP contribution in [0.15, 0.2) is 18.2 Å². The molecule has 0 saturated heterocycles. The summed E-state index contributed by atoms with van der Waals surface area (Å²) < 4.78 is 0. The van der Waals surface area contributed by atoms with Gasteiger partial charge in [0.25, 0.3) is 0 Å². The summed E-state index contributed by atoms with van der Waals surface area (Å²) in [5, 5.41) is 3.63. The largest absolute Gasteiger partial charge is 0.312 e. The molecule has 0 amide bonds. The number of aromatic nitrogens is 1. The molecule has 0 saturated carbocycles. The van der Waals surface area contributed by atoms with Crippen molar-refractivity contribution in [2.24, 2.45) is 0 Å². The maximum absolute atomic E-state index is 4.56. The van der Waals surface area contributed by atoms with Crippen LogP contribution in [0.1, 0.15) is 45.0 Å². The van der Waals surface area contributed by atoms with E-state index in [9.17, 15) is 0 Å². The smallest absolute Gasteiger partial charge is 0.0547 e. The predicted molar refractivity (Wildman–Crippen MR) is 82.3 cm³/mol. The van der Waals surface area contributed by atoms with Gasteiger partial charge in [0.05, 0.1) is 5.69 Å². The molecule has 0 radical (unpaired) electrons. The highest BCUT2D eigenvalue weighted by molar-refractivity contribution is 5.09. The van der Waals surface area contributed by atoms with Crippen LogP contribution in [0.4, 0.5) is 0 Å². The van der Waals surface area contributed by atoms with E-state index in [2.05, 4.69) is 55.2 Å². The van der Waals surface area contributed by atoms with E-state index in [0.29, 0.717) is 12.1 Å². The first-order valence-electron chi connectivity index (χ1n) is 7.42. The van der Waals surface area contributed by atoms with Crippen LogP contribution in [-0.4, -0.2) is 35.6 Å². The van der Waals surface area contributed by atoms with Gasteiger partial charge >= 0.3 is 0 Å². The Morgan fingerprint density at radius 1 is 1.26 bits per heavy atom. The molecule has 1 N–H and O–H groups in total. The molecule has 0 spiro atoms. The van der Waals surface area contributed by atoms with Gasteiger partial charge in [-0.2, -0.15) is 0 Å². The number of nitrogens with one attached hydrogen (secondary N) is 1. The van der Waals surface area contributed by atoms with Gasteiger partial charge in [0.15, 0.2) is 0 Å². The van der Waals surface area contributed by atoms with E-state index >= 15 is 0 Å². The molecule has 0 fully saturated rings. The molecule has 0 aliphatic heterocycles. The molecule has 1 rings (SSSR count). The van der Waals surface area contributed by atoms with E-state index in [-0.39, 0.29) is 0 Å². The van der Waals surface area contributed by atoms with Gasteiger partial charge in [-0.25, -0.2) is 0 Å². The summed E-state index contributed by atoms with van der Waals surface area (Å²) >= 11 is 0. The highest BCUT2D eigenvalue weighted by Crippen LogP contribution is 2.05. The minimum atomic E-state index is 0.517. The topological polar surface area (TPSA) is 28.2 Å². The summed E-state index contributed by atoms with van der Waals surface area (Å²) in [5.74, 6) is 0. The van der Waals surface area contributed by atoms with Gasteiger partial charge in [-0.3, -0.25) is 9.88 Å². The zero-order valence-electron chi connectivity index (χ0n) is 13.1. The van der Waals surface area contributed by atoms with Gasteiger partial charge in [0.2, 0.25) is 0 Å². The average molecular weight is 263 g/mol. The first-order chi connectivity index (χ1) is 9.06. The van der Waals surface area contributed by atoms with Gasteiger partial charge in [-0.05, 0) is 45.9 Å². The molecule has 0 aliphatic carbocycles. The summed E-state index contributed by atoms with van der Waals surface area (Å²) in [6.07, 6.45) is 2.40. The SMILES string of the molecule is CCC(CC)NCC(C)N(C)Cc1cccc(C)n1. The molecule has 3 nitrogen and oxygen atoms in total. The highest BCUT2D eigenvalue weighted by atomic mass is 15.2. The van der Waals surface area contributed by atoms with Crippen molar-refractivity contribution in [1.29, 1.82) is 0 Å². The van der Waals surface area contributed by atoms with Crippen molar-refractivity contribution in [2.75, 3.05) is 13.6 Å². The quantitative estimate of drug-likeness (QED) is 0.781. The Labute approximate surface area is 118 Å². The third-order valence-electron chi connectivity index (χ3n) is 3.80. The van der Waals surface area contributed by atoms with Gasteiger partial charge in [-0.1, -0.05) is 19.9 Å². The second-order valence-electron chi connectivity index (χ2n) is 5.46. The van der Waals surface area contributed by atoms with E-state index in [1.54, 1.807) is 0 Å². The lowest BCUT2D eigenvalue weighted by Crippen LogP contribution is -2.41. The van der Waals surface area contributed by atoms with Crippen LogP contribution < -0.4 is 5.32 Å².